The first kappa shape index (κ1) is 18.5. The van der Waals surface area contributed by atoms with Gasteiger partial charge in [0.25, 0.3) is 0 Å². The molecule has 0 saturated heterocycles. The zero-order chi connectivity index (χ0) is 18.8. The number of hydrogen-bond donors (Lipinski definition) is 1. The largest absolute Gasteiger partial charge is 0.492 e. The minimum absolute atomic E-state index is 0.00951. The molecule has 0 heterocycles. The van der Waals surface area contributed by atoms with Crippen LogP contribution in [-0.4, -0.2) is 23.8 Å². The molecule has 1 aliphatic rings. The van der Waals surface area contributed by atoms with E-state index in [1.807, 2.05) is 13.8 Å². The van der Waals surface area contributed by atoms with Crippen LogP contribution in [0.3, 0.4) is 0 Å². The lowest BCUT2D eigenvalue weighted by Crippen LogP contribution is -2.06. The van der Waals surface area contributed by atoms with Crippen LogP contribution >= 0.6 is 11.6 Å². The van der Waals surface area contributed by atoms with E-state index < -0.39 is 5.97 Å². The van der Waals surface area contributed by atoms with Gasteiger partial charge in [0.2, 0.25) is 0 Å². The van der Waals surface area contributed by atoms with Gasteiger partial charge in [-0.3, -0.25) is 4.79 Å². The minimum atomic E-state index is -0.793. The maximum atomic E-state index is 14.2. The number of ether oxygens (including phenoxy) is 2. The van der Waals surface area contributed by atoms with Crippen molar-refractivity contribution in [2.75, 3.05) is 6.61 Å². The summed E-state index contributed by atoms with van der Waals surface area (Å²) in [5.41, 5.74) is 1.01. The van der Waals surface area contributed by atoms with Gasteiger partial charge in [-0.25, -0.2) is 4.39 Å². The highest BCUT2D eigenvalue weighted by Crippen LogP contribution is 2.40. The van der Waals surface area contributed by atoms with Crippen LogP contribution in [0.1, 0.15) is 20.3 Å². The lowest BCUT2D eigenvalue weighted by atomic mass is 10.0. The van der Waals surface area contributed by atoms with Crippen molar-refractivity contribution in [3.63, 3.8) is 0 Å². The first-order valence-electron chi connectivity index (χ1n) is 8.47. The molecule has 0 aromatic heterocycles. The maximum absolute atomic E-state index is 14.2. The van der Waals surface area contributed by atoms with Crippen molar-refractivity contribution >= 4 is 17.6 Å². The molecule has 2 aromatic carbocycles. The lowest BCUT2D eigenvalue weighted by molar-refractivity contribution is -0.138. The number of benzene rings is 2. The average molecular weight is 379 g/mol. The highest BCUT2D eigenvalue weighted by molar-refractivity contribution is 6.32. The minimum Gasteiger partial charge on any atom is -0.492 e. The number of carboxylic acid groups (broad SMARTS) is 1. The quantitative estimate of drug-likeness (QED) is 0.733. The molecule has 0 unspecified atom stereocenters. The van der Waals surface area contributed by atoms with Crippen molar-refractivity contribution in [3.05, 3.63) is 47.2 Å². The fraction of sp³-hybridized carbons (Fsp3) is 0.350. The molecule has 4 nitrogen and oxygen atoms in total. The van der Waals surface area contributed by atoms with Crippen molar-refractivity contribution in [3.8, 4) is 22.6 Å². The second kappa shape index (κ2) is 7.54. The van der Waals surface area contributed by atoms with E-state index in [2.05, 4.69) is 0 Å². The first-order chi connectivity index (χ1) is 12.3. The van der Waals surface area contributed by atoms with Crippen molar-refractivity contribution in [1.82, 2.24) is 0 Å². The molecule has 3 rings (SSSR count). The summed E-state index contributed by atoms with van der Waals surface area (Å²) in [4.78, 5) is 10.9. The molecule has 0 radical (unpaired) electrons. The summed E-state index contributed by atoms with van der Waals surface area (Å²) >= 11 is 6.26. The average Bonchev–Trinajstić information content (AvgIpc) is 3.35. The summed E-state index contributed by atoms with van der Waals surface area (Å²) in [6, 6.07) is 9.63. The number of halogens is 2. The summed E-state index contributed by atoms with van der Waals surface area (Å²) in [7, 11) is 0. The second-order valence-corrected chi connectivity index (χ2v) is 7.11. The van der Waals surface area contributed by atoms with Crippen LogP contribution < -0.4 is 9.47 Å². The van der Waals surface area contributed by atoms with E-state index in [1.165, 1.54) is 6.07 Å². The molecule has 2 atom stereocenters. The van der Waals surface area contributed by atoms with E-state index in [0.29, 0.717) is 40.7 Å². The van der Waals surface area contributed by atoms with Crippen molar-refractivity contribution in [2.24, 2.45) is 11.8 Å². The van der Waals surface area contributed by atoms with Gasteiger partial charge >= 0.3 is 5.97 Å². The molecule has 1 fully saturated rings. The molecule has 0 amide bonds. The third-order valence-electron chi connectivity index (χ3n) is 4.25. The van der Waals surface area contributed by atoms with Crippen LogP contribution in [0.5, 0.6) is 11.5 Å². The number of carbonyl (C=O) groups is 1. The molecule has 0 bridgehead atoms. The Kier molecular flexibility index (Phi) is 5.37. The Morgan fingerprint density at radius 1 is 1.31 bits per heavy atom. The first-order valence-corrected chi connectivity index (χ1v) is 8.84. The predicted molar refractivity (Wildman–Crippen MR) is 97.3 cm³/mol. The third kappa shape index (κ3) is 4.28. The van der Waals surface area contributed by atoms with E-state index in [0.717, 1.165) is 0 Å². The maximum Gasteiger partial charge on any atom is 0.306 e. The van der Waals surface area contributed by atoms with E-state index in [4.69, 9.17) is 26.2 Å². The van der Waals surface area contributed by atoms with Crippen LogP contribution in [0.2, 0.25) is 5.02 Å². The number of rotatable bonds is 7. The smallest absolute Gasteiger partial charge is 0.306 e. The Bertz CT molecular complexity index is 821. The fourth-order valence-electron chi connectivity index (χ4n) is 2.79. The van der Waals surface area contributed by atoms with Gasteiger partial charge in [0.1, 0.15) is 17.3 Å². The van der Waals surface area contributed by atoms with E-state index in [-0.39, 0.29) is 23.8 Å². The van der Waals surface area contributed by atoms with Gasteiger partial charge in [0, 0.05) is 11.5 Å². The number of aliphatic carboxylic acids is 1. The molecule has 0 spiro atoms. The van der Waals surface area contributed by atoms with Crippen LogP contribution in [-0.2, 0) is 4.79 Å². The van der Waals surface area contributed by atoms with Gasteiger partial charge in [0.05, 0.1) is 23.7 Å². The third-order valence-corrected chi connectivity index (χ3v) is 4.54. The van der Waals surface area contributed by atoms with Gasteiger partial charge < -0.3 is 14.6 Å². The molecular formula is C20H20ClFO4. The molecule has 138 valence electrons. The summed E-state index contributed by atoms with van der Waals surface area (Å²) in [6.45, 7) is 4.11. The van der Waals surface area contributed by atoms with Gasteiger partial charge in [-0.1, -0.05) is 17.7 Å². The predicted octanol–water partition coefficient (Wildman–Crippen LogP) is 5.03. The second-order valence-electron chi connectivity index (χ2n) is 6.70. The molecule has 6 heteroatoms. The van der Waals surface area contributed by atoms with E-state index >= 15 is 0 Å². The summed E-state index contributed by atoms with van der Waals surface area (Å²) in [6.07, 6.45) is 0.614. The van der Waals surface area contributed by atoms with Crippen LogP contribution in [0.15, 0.2) is 36.4 Å². The standard InChI is InChI=1S/C20H20ClFO4/c1-11(2)26-14-4-5-18(22)15(9-14)12-3-6-19(17(21)8-12)25-10-13-7-16(13)20(23)24/h3-6,8-9,11,13,16H,7,10H2,1-2H3,(H,23,24)/t13-,16+/m0/s1. The van der Waals surface area contributed by atoms with Gasteiger partial charge in [0.15, 0.2) is 0 Å². The number of hydrogen-bond acceptors (Lipinski definition) is 3. The zero-order valence-electron chi connectivity index (χ0n) is 14.5. The molecule has 2 aromatic rings. The van der Waals surface area contributed by atoms with Gasteiger partial charge in [-0.05, 0) is 56.2 Å². The molecule has 1 N–H and O–H groups in total. The Balaban J connectivity index is 1.74. The van der Waals surface area contributed by atoms with Crippen LogP contribution in [0, 0.1) is 17.7 Å². The van der Waals surface area contributed by atoms with Crippen LogP contribution in [0.25, 0.3) is 11.1 Å². The Morgan fingerprint density at radius 3 is 2.69 bits per heavy atom. The fourth-order valence-corrected chi connectivity index (χ4v) is 3.02. The van der Waals surface area contributed by atoms with Crippen LogP contribution in [0.4, 0.5) is 4.39 Å². The van der Waals surface area contributed by atoms with E-state index in [1.54, 1.807) is 30.3 Å². The van der Waals surface area contributed by atoms with Gasteiger partial charge in [-0.15, -0.1) is 0 Å². The number of carboxylic acids is 1. The molecular weight excluding hydrogens is 359 g/mol. The summed E-state index contributed by atoms with van der Waals surface area (Å²) < 4.78 is 25.5. The highest BCUT2D eigenvalue weighted by atomic mass is 35.5. The van der Waals surface area contributed by atoms with Crippen molar-refractivity contribution in [2.45, 2.75) is 26.4 Å². The topological polar surface area (TPSA) is 55.8 Å². The lowest BCUT2D eigenvalue weighted by Gasteiger charge is -2.13. The molecule has 1 saturated carbocycles. The van der Waals surface area contributed by atoms with Gasteiger partial charge in [-0.2, -0.15) is 0 Å². The monoisotopic (exact) mass is 378 g/mol. The zero-order valence-corrected chi connectivity index (χ0v) is 15.3. The Morgan fingerprint density at radius 2 is 2.08 bits per heavy atom. The highest BCUT2D eigenvalue weighted by Gasteiger charge is 2.43. The summed E-state index contributed by atoms with van der Waals surface area (Å²) in [5.74, 6) is -0.425. The van der Waals surface area contributed by atoms with Crippen molar-refractivity contribution in [1.29, 1.82) is 0 Å². The van der Waals surface area contributed by atoms with Crippen molar-refractivity contribution < 1.29 is 23.8 Å². The Hall–Kier alpha value is -2.27. The summed E-state index contributed by atoms with van der Waals surface area (Å²) in [5, 5.41) is 9.26. The van der Waals surface area contributed by atoms with E-state index in [9.17, 15) is 9.18 Å². The molecule has 26 heavy (non-hydrogen) atoms. The molecule has 1 aliphatic carbocycles. The normalized spacial score (nSPS) is 18.7. The SMILES string of the molecule is CC(C)Oc1ccc(F)c(-c2ccc(OC[C@@H]3C[C@H]3C(=O)O)c(Cl)c2)c1. The molecule has 0 aliphatic heterocycles. The Labute approximate surface area is 156 Å².